The van der Waals surface area contributed by atoms with Crippen LogP contribution in [0.3, 0.4) is 0 Å². The number of nitrogens with zero attached hydrogens (tertiary/aromatic N) is 4. The maximum Gasteiger partial charge on any atom is 0.271 e. The lowest BCUT2D eigenvalue weighted by Gasteiger charge is -2.47. The Morgan fingerprint density at radius 2 is 1.97 bits per heavy atom. The fourth-order valence-corrected chi connectivity index (χ4v) is 4.49. The van der Waals surface area contributed by atoms with E-state index in [1.807, 2.05) is 13.2 Å². The maximum atomic E-state index is 13.6. The van der Waals surface area contributed by atoms with Crippen molar-refractivity contribution in [2.45, 2.75) is 18.5 Å². The van der Waals surface area contributed by atoms with Crippen molar-refractivity contribution in [1.29, 1.82) is 0 Å². The standard InChI is InChI=1S/C23H20FN5O3/c1-27-12-18(25-13-27)14-6-7-17-19(10-14)29-20(30)8-9-23(29,28(2)21(17)31)22(32)26-16-5-3-4-15(24)11-16/h3-7,10-13H,8-9H2,1-2H3,(H,26,32). The molecule has 3 heterocycles. The van der Waals surface area contributed by atoms with Crippen molar-refractivity contribution in [3.63, 3.8) is 0 Å². The molecule has 3 aromatic rings. The largest absolute Gasteiger partial charge is 0.340 e. The molecule has 8 nitrogen and oxygen atoms in total. The Morgan fingerprint density at radius 1 is 1.16 bits per heavy atom. The van der Waals surface area contributed by atoms with E-state index in [9.17, 15) is 18.8 Å². The Morgan fingerprint density at radius 3 is 2.69 bits per heavy atom. The van der Waals surface area contributed by atoms with Gasteiger partial charge in [0.2, 0.25) is 11.6 Å². The Hall–Kier alpha value is -4.01. The minimum absolute atomic E-state index is 0.0987. The van der Waals surface area contributed by atoms with Crippen LogP contribution in [-0.4, -0.2) is 44.9 Å². The molecule has 0 radical (unpaired) electrons. The van der Waals surface area contributed by atoms with Gasteiger partial charge >= 0.3 is 0 Å². The zero-order valence-corrected chi connectivity index (χ0v) is 17.5. The van der Waals surface area contributed by atoms with Crippen LogP contribution in [0.1, 0.15) is 23.2 Å². The third-order valence-electron chi connectivity index (χ3n) is 6.08. The topological polar surface area (TPSA) is 87.5 Å². The van der Waals surface area contributed by atoms with Gasteiger partial charge in [-0.3, -0.25) is 19.3 Å². The van der Waals surface area contributed by atoms with Crippen LogP contribution in [0.5, 0.6) is 0 Å². The van der Waals surface area contributed by atoms with Crippen molar-refractivity contribution in [2.75, 3.05) is 17.3 Å². The normalized spacial score (nSPS) is 19.7. The van der Waals surface area contributed by atoms with E-state index in [0.29, 0.717) is 16.9 Å². The summed E-state index contributed by atoms with van der Waals surface area (Å²) in [5.41, 5.74) is 0.808. The summed E-state index contributed by atoms with van der Waals surface area (Å²) < 4.78 is 15.4. The molecule has 2 aliphatic rings. The van der Waals surface area contributed by atoms with Crippen LogP contribution in [0, 0.1) is 5.82 Å². The summed E-state index contributed by atoms with van der Waals surface area (Å²) in [5, 5.41) is 2.68. The van der Waals surface area contributed by atoms with E-state index in [0.717, 1.165) is 5.56 Å². The maximum absolute atomic E-state index is 13.6. The van der Waals surface area contributed by atoms with Gasteiger partial charge in [0.05, 0.1) is 23.3 Å². The van der Waals surface area contributed by atoms with Crippen LogP contribution < -0.4 is 10.2 Å². The quantitative estimate of drug-likeness (QED) is 0.688. The van der Waals surface area contributed by atoms with Crippen molar-refractivity contribution < 1.29 is 18.8 Å². The SMILES string of the molecule is CN1C(=O)c2ccc(-c3cn(C)cn3)cc2N2C(=O)CCC12C(=O)Nc1cccc(F)c1. The monoisotopic (exact) mass is 433 g/mol. The summed E-state index contributed by atoms with van der Waals surface area (Å²) >= 11 is 0. The van der Waals surface area contributed by atoms with Crippen molar-refractivity contribution in [1.82, 2.24) is 14.5 Å². The zero-order chi connectivity index (χ0) is 22.6. The van der Waals surface area contributed by atoms with Crippen molar-refractivity contribution in [3.8, 4) is 11.3 Å². The average molecular weight is 433 g/mol. The molecule has 1 unspecified atom stereocenters. The fourth-order valence-electron chi connectivity index (χ4n) is 4.49. The molecule has 0 aliphatic carbocycles. The van der Waals surface area contributed by atoms with Crippen molar-refractivity contribution >= 4 is 29.1 Å². The number of imidazole rings is 1. The number of aryl methyl sites for hydroxylation is 1. The van der Waals surface area contributed by atoms with Crippen LogP contribution in [0.15, 0.2) is 55.0 Å². The number of fused-ring (bicyclic) bond motifs is 3. The zero-order valence-electron chi connectivity index (χ0n) is 17.5. The first-order valence-corrected chi connectivity index (χ1v) is 10.1. The average Bonchev–Trinajstić information content (AvgIpc) is 3.36. The molecule has 1 N–H and O–H groups in total. The first-order valence-electron chi connectivity index (χ1n) is 10.1. The number of anilines is 2. The number of carbonyl (C=O) groups excluding carboxylic acids is 3. The second-order valence-electron chi connectivity index (χ2n) is 8.03. The lowest BCUT2D eigenvalue weighted by Crippen LogP contribution is -2.68. The van der Waals surface area contributed by atoms with E-state index in [-0.39, 0.29) is 30.3 Å². The van der Waals surface area contributed by atoms with Gasteiger partial charge in [-0.2, -0.15) is 0 Å². The van der Waals surface area contributed by atoms with Crippen LogP contribution >= 0.6 is 0 Å². The van der Waals surface area contributed by atoms with Gasteiger partial charge in [-0.15, -0.1) is 0 Å². The molecular weight excluding hydrogens is 413 g/mol. The molecule has 162 valence electrons. The number of aromatic nitrogens is 2. The highest BCUT2D eigenvalue weighted by atomic mass is 19.1. The number of hydrogen-bond donors (Lipinski definition) is 1. The molecular formula is C23H20FN5O3. The molecule has 0 bridgehead atoms. The molecule has 32 heavy (non-hydrogen) atoms. The number of likely N-dealkylation sites (N-methyl/N-ethyl adjacent to an activating group) is 1. The van der Waals surface area contributed by atoms with Gasteiger partial charge in [-0.1, -0.05) is 12.1 Å². The molecule has 3 amide bonds. The highest BCUT2D eigenvalue weighted by Crippen LogP contribution is 2.45. The highest BCUT2D eigenvalue weighted by molar-refractivity contribution is 6.18. The van der Waals surface area contributed by atoms with Crippen molar-refractivity contribution in [3.05, 3.63) is 66.4 Å². The fraction of sp³-hybridized carbons (Fsp3) is 0.217. The summed E-state index contributed by atoms with van der Waals surface area (Å²) in [6.07, 6.45) is 3.71. The first kappa shape index (κ1) is 19.9. The van der Waals surface area contributed by atoms with Crippen LogP contribution in [0.2, 0.25) is 0 Å². The third-order valence-corrected chi connectivity index (χ3v) is 6.08. The van der Waals surface area contributed by atoms with Gasteiger partial charge in [-0.05, 0) is 30.3 Å². The molecule has 9 heteroatoms. The Kier molecular flexibility index (Phi) is 4.37. The second-order valence-corrected chi connectivity index (χ2v) is 8.03. The number of amides is 3. The van der Waals surface area contributed by atoms with Gasteiger partial charge in [0, 0.05) is 44.4 Å². The van der Waals surface area contributed by atoms with E-state index in [2.05, 4.69) is 10.3 Å². The molecule has 0 spiro atoms. The Labute approximate surface area is 183 Å². The summed E-state index contributed by atoms with van der Waals surface area (Å²) in [5.74, 6) is -1.71. The van der Waals surface area contributed by atoms with Crippen LogP contribution in [0.25, 0.3) is 11.3 Å². The molecule has 2 aliphatic heterocycles. The number of rotatable bonds is 3. The van der Waals surface area contributed by atoms with E-state index in [1.54, 1.807) is 35.2 Å². The van der Waals surface area contributed by atoms with Crippen molar-refractivity contribution in [2.24, 2.45) is 7.05 Å². The van der Waals surface area contributed by atoms with Gasteiger partial charge in [-0.25, -0.2) is 9.37 Å². The summed E-state index contributed by atoms with van der Waals surface area (Å²) in [4.78, 5) is 46.8. The van der Waals surface area contributed by atoms with Gasteiger partial charge in [0.1, 0.15) is 5.82 Å². The highest BCUT2D eigenvalue weighted by Gasteiger charge is 2.59. The van der Waals surface area contributed by atoms with Crippen LogP contribution in [0.4, 0.5) is 15.8 Å². The number of halogens is 1. The second kappa shape index (κ2) is 7.01. The van der Waals surface area contributed by atoms with Gasteiger partial charge in [0.25, 0.3) is 11.8 Å². The predicted molar refractivity (Wildman–Crippen MR) is 115 cm³/mol. The predicted octanol–water partition coefficient (Wildman–Crippen LogP) is 2.77. The lowest BCUT2D eigenvalue weighted by atomic mass is 9.94. The Bertz CT molecular complexity index is 1290. The third kappa shape index (κ3) is 2.81. The Balaban J connectivity index is 1.62. The molecule has 1 fully saturated rings. The van der Waals surface area contributed by atoms with Gasteiger partial charge in [0.15, 0.2) is 0 Å². The molecule has 0 saturated carbocycles. The van der Waals surface area contributed by atoms with E-state index >= 15 is 0 Å². The minimum Gasteiger partial charge on any atom is -0.340 e. The summed E-state index contributed by atoms with van der Waals surface area (Å²) in [6.45, 7) is 0. The molecule has 1 aromatic heterocycles. The lowest BCUT2D eigenvalue weighted by molar-refractivity contribution is -0.128. The number of hydrogen-bond acceptors (Lipinski definition) is 4. The number of carbonyl (C=O) groups is 3. The number of benzene rings is 2. The first-order chi connectivity index (χ1) is 15.3. The van der Waals surface area contributed by atoms with E-state index in [4.69, 9.17) is 0 Å². The molecule has 2 aromatic carbocycles. The van der Waals surface area contributed by atoms with Crippen LogP contribution in [-0.2, 0) is 16.6 Å². The smallest absolute Gasteiger partial charge is 0.271 e. The summed E-state index contributed by atoms with van der Waals surface area (Å²) in [7, 11) is 3.36. The van der Waals surface area contributed by atoms with Gasteiger partial charge < -0.3 is 14.8 Å². The minimum atomic E-state index is -1.55. The molecule has 1 saturated heterocycles. The summed E-state index contributed by atoms with van der Waals surface area (Å²) in [6, 6.07) is 10.6. The molecule has 1 atom stereocenters. The molecule has 5 rings (SSSR count). The van der Waals surface area contributed by atoms with E-state index in [1.165, 1.54) is 35.0 Å². The van der Waals surface area contributed by atoms with E-state index < -0.39 is 17.4 Å². The number of nitrogens with one attached hydrogen (secondary N) is 1.